The van der Waals surface area contributed by atoms with Crippen LogP contribution in [0.2, 0.25) is 13.5 Å². The average molecular weight is 675 g/mol. The molecule has 0 nitrogen and oxygen atoms in total. The second-order valence-electron chi connectivity index (χ2n) is 12.2. The van der Waals surface area contributed by atoms with Crippen molar-refractivity contribution in [3.05, 3.63) is 130 Å². The number of hydrogen-bond acceptors (Lipinski definition) is 0. The number of allylic oxidation sites excluding steroid dienone is 2. The molecule has 1 aliphatic heterocycles. The molecule has 2 unspecified atom stereocenters. The van der Waals surface area contributed by atoms with Crippen molar-refractivity contribution in [2.75, 3.05) is 0 Å². The number of benzene rings is 4. The van der Waals surface area contributed by atoms with Gasteiger partial charge in [0.05, 0.1) is 0 Å². The summed E-state index contributed by atoms with van der Waals surface area (Å²) < 4.78 is 7.79. The third kappa shape index (κ3) is 4.21. The van der Waals surface area contributed by atoms with Crippen LogP contribution in [-0.4, -0.2) is 9.52 Å². The van der Waals surface area contributed by atoms with Gasteiger partial charge in [0.2, 0.25) is 0 Å². The van der Waals surface area contributed by atoms with E-state index in [1.165, 1.54) is 56.8 Å². The van der Waals surface area contributed by atoms with Gasteiger partial charge in [0.1, 0.15) is 0 Å². The zero-order valence-corrected chi connectivity index (χ0v) is 27.6. The summed E-state index contributed by atoms with van der Waals surface area (Å²) in [6.07, 6.45) is 9.45. The second-order valence-corrected chi connectivity index (χ2v) is 32.3. The Kier molecular flexibility index (Phi) is 6.37. The van der Waals surface area contributed by atoms with Crippen molar-refractivity contribution in [1.29, 1.82) is 0 Å². The van der Waals surface area contributed by atoms with Gasteiger partial charge in [-0.25, -0.2) is 0 Å². The van der Waals surface area contributed by atoms with E-state index >= 15 is 0 Å². The van der Waals surface area contributed by atoms with Crippen LogP contribution in [0.25, 0.3) is 34.4 Å². The van der Waals surface area contributed by atoms with E-state index in [4.69, 9.17) is 0 Å². The van der Waals surface area contributed by atoms with E-state index in [9.17, 15) is 0 Å². The van der Waals surface area contributed by atoms with Crippen molar-refractivity contribution in [1.82, 2.24) is 0 Å². The fourth-order valence-electron chi connectivity index (χ4n) is 7.64. The molecule has 4 aromatic carbocycles. The molecule has 3 aliphatic rings. The van der Waals surface area contributed by atoms with E-state index in [-0.39, 0.29) is 0 Å². The van der Waals surface area contributed by atoms with Crippen LogP contribution in [0.15, 0.2) is 107 Å². The van der Waals surface area contributed by atoms with Crippen LogP contribution >= 0.6 is 0 Å². The molecule has 2 atom stereocenters. The Balaban J connectivity index is 1.35. The molecule has 0 N–H and O–H groups in total. The number of hydrogen-bond donors (Lipinski definition) is 0. The van der Waals surface area contributed by atoms with E-state index in [0.29, 0.717) is 5.92 Å². The van der Waals surface area contributed by atoms with Crippen LogP contribution in [-0.2, 0) is 20.0 Å². The van der Waals surface area contributed by atoms with Crippen molar-refractivity contribution in [3.63, 3.8) is 0 Å². The van der Waals surface area contributed by atoms with Gasteiger partial charge in [0.15, 0.2) is 0 Å². The molecule has 0 radical (unpaired) electrons. The van der Waals surface area contributed by atoms with E-state index < -0.39 is 29.5 Å². The van der Waals surface area contributed by atoms with Gasteiger partial charge >= 0.3 is 236 Å². The van der Waals surface area contributed by atoms with Crippen molar-refractivity contribution < 1.29 is 20.0 Å². The van der Waals surface area contributed by atoms with Crippen LogP contribution in [0.5, 0.6) is 0 Å². The van der Waals surface area contributed by atoms with Crippen LogP contribution in [0.1, 0.15) is 51.1 Å². The third-order valence-corrected chi connectivity index (χ3v) is 26.9. The van der Waals surface area contributed by atoms with Gasteiger partial charge in [-0.3, -0.25) is 0 Å². The monoisotopic (exact) mass is 676 g/mol. The molecule has 0 aromatic heterocycles. The maximum absolute atomic E-state index is 2.76. The molecule has 2 aliphatic carbocycles. The van der Waals surface area contributed by atoms with Crippen LogP contribution < -0.4 is 0 Å². The van der Waals surface area contributed by atoms with E-state index in [2.05, 4.69) is 119 Å². The van der Waals surface area contributed by atoms with Crippen LogP contribution in [0.3, 0.4) is 0 Å². The second kappa shape index (κ2) is 9.88. The normalized spacial score (nSPS) is 22.1. The molecule has 1 heterocycles. The fraction of sp³-hybridized carbons (Fsp3) is 0.222. The van der Waals surface area contributed by atoms with Gasteiger partial charge in [-0.15, -0.1) is 0 Å². The maximum atomic E-state index is 2.76. The molecular formula is C36H36HfSi. The quantitative estimate of drug-likeness (QED) is 0.186. The first-order valence-electron chi connectivity index (χ1n) is 14.4. The first-order chi connectivity index (χ1) is 18.6. The Morgan fingerprint density at radius 2 is 1.18 bits per heavy atom. The molecule has 1 fully saturated rings. The number of rotatable bonds is 2. The molecule has 2 heteroatoms. The molecular weight excluding hydrogens is 639 g/mol. The summed E-state index contributed by atoms with van der Waals surface area (Å²) in [6.45, 7) is 0. The molecule has 4 aromatic rings. The Morgan fingerprint density at radius 3 is 1.84 bits per heavy atom. The van der Waals surface area contributed by atoms with Gasteiger partial charge in [-0.05, 0) is 0 Å². The fourth-order valence-corrected chi connectivity index (χ4v) is 28.5. The molecule has 188 valence electrons. The minimum absolute atomic E-state index is 0.539. The van der Waals surface area contributed by atoms with E-state index in [1.807, 2.05) is 5.20 Å². The first kappa shape index (κ1) is 24.5. The van der Waals surface area contributed by atoms with Crippen molar-refractivity contribution in [3.8, 4) is 22.3 Å². The average Bonchev–Trinajstić information content (AvgIpc) is 3.50. The summed E-state index contributed by atoms with van der Waals surface area (Å²) in [5, 5.41) is 3.64. The summed E-state index contributed by atoms with van der Waals surface area (Å²) in [5.74, 6) is 0.622. The molecule has 0 bridgehead atoms. The summed E-state index contributed by atoms with van der Waals surface area (Å²) in [7, 11) is -0.539. The van der Waals surface area contributed by atoms with Gasteiger partial charge < -0.3 is 0 Å². The third-order valence-electron chi connectivity index (χ3n) is 9.37. The Labute approximate surface area is 234 Å². The van der Waals surface area contributed by atoms with Crippen molar-refractivity contribution in [2.45, 2.75) is 42.4 Å². The Hall–Kier alpha value is -2.55. The van der Waals surface area contributed by atoms with Gasteiger partial charge in [-0.2, -0.15) is 0 Å². The van der Waals surface area contributed by atoms with Crippen LogP contribution in [0.4, 0.5) is 0 Å². The first-order valence-corrected chi connectivity index (χ1v) is 27.6. The summed E-state index contributed by atoms with van der Waals surface area (Å²) in [6, 6.07) is 36.3. The molecule has 1 saturated heterocycles. The summed E-state index contributed by atoms with van der Waals surface area (Å²) in [4.78, 5) is 0. The topological polar surface area (TPSA) is 0 Å². The van der Waals surface area contributed by atoms with Crippen molar-refractivity contribution >= 4 is 21.7 Å². The van der Waals surface area contributed by atoms with Crippen molar-refractivity contribution in [2.24, 2.45) is 0 Å². The standard InChI is InChI=1S/C34H30Si.2CH3.Hf/c1-2-3-17-31-30-20-11-19-29(25-14-8-5-9-15-25)33(30)23-34(31)35-27-21-26-16-10-18-28(32(26)22-27)24-12-6-4-7-13-24;;;/h4-16,18-23,31H,1-3,17,35H2;2*1H3;. The SMILES string of the molecule is [CH3][Hf]1([CH3])[CH2]CCCC2C(=Cc3c(-c4ccccc4)cccc32)[SiH2]C2=Cc3c(-c4ccccc4)cccc3[CH]21. The van der Waals surface area contributed by atoms with E-state index in [1.54, 1.807) is 16.3 Å². The summed E-state index contributed by atoms with van der Waals surface area (Å²) >= 11 is -2.53. The number of fused-ring (bicyclic) bond motifs is 6. The molecule has 38 heavy (non-hydrogen) atoms. The van der Waals surface area contributed by atoms with Crippen LogP contribution in [0, 0.1) is 0 Å². The minimum atomic E-state index is -2.53. The Morgan fingerprint density at radius 1 is 0.605 bits per heavy atom. The molecule has 0 saturated carbocycles. The molecule has 0 spiro atoms. The zero-order valence-electron chi connectivity index (χ0n) is 22.6. The Bertz CT molecular complexity index is 1560. The van der Waals surface area contributed by atoms with Gasteiger partial charge in [0.25, 0.3) is 0 Å². The zero-order chi connectivity index (χ0) is 25.7. The molecule has 0 amide bonds. The summed E-state index contributed by atoms with van der Waals surface area (Å²) in [5.41, 5.74) is 11.9. The predicted molar refractivity (Wildman–Crippen MR) is 164 cm³/mol. The predicted octanol–water partition coefficient (Wildman–Crippen LogP) is 9.58. The van der Waals surface area contributed by atoms with E-state index in [0.717, 1.165) is 3.67 Å². The van der Waals surface area contributed by atoms with Gasteiger partial charge in [-0.1, -0.05) is 0 Å². The molecule has 7 rings (SSSR count). The van der Waals surface area contributed by atoms with Gasteiger partial charge in [0, 0.05) is 0 Å².